The fourth-order valence-corrected chi connectivity index (χ4v) is 4.76. The van der Waals surface area contributed by atoms with E-state index in [9.17, 15) is 31.1 Å². The number of amides is 1. The van der Waals surface area contributed by atoms with Crippen molar-refractivity contribution in [1.82, 2.24) is 9.80 Å². The minimum atomic E-state index is -5.08. The Morgan fingerprint density at radius 2 is 1.56 bits per heavy atom. The number of carboxylic acids is 2. The maximum atomic E-state index is 12.9. The van der Waals surface area contributed by atoms with Gasteiger partial charge in [0.05, 0.1) is 12.7 Å². The molecule has 2 aromatic carbocycles. The SMILES string of the molecule is COc1cccc(CN2CCC3(CC2)CN(C)CC(C(=O)Nc2cccc(Cl)c2)O3)c1.O=C(O)C(F)(F)F.O=C(O)C(F)(F)F. The van der Waals surface area contributed by atoms with Crippen molar-refractivity contribution in [2.75, 3.05) is 45.7 Å². The van der Waals surface area contributed by atoms with E-state index in [1.54, 1.807) is 19.2 Å². The van der Waals surface area contributed by atoms with Gasteiger partial charge in [-0.05, 0) is 55.8 Å². The van der Waals surface area contributed by atoms with E-state index in [-0.39, 0.29) is 11.5 Å². The van der Waals surface area contributed by atoms with Gasteiger partial charge in [-0.3, -0.25) is 9.69 Å². The van der Waals surface area contributed by atoms with Crippen molar-refractivity contribution in [3.8, 4) is 5.75 Å². The Morgan fingerprint density at radius 3 is 2.07 bits per heavy atom. The second kappa shape index (κ2) is 16.1. The van der Waals surface area contributed by atoms with Crippen molar-refractivity contribution >= 4 is 35.1 Å². The Hall–Kier alpha value is -3.60. The number of carboxylic acid groups (broad SMARTS) is 2. The molecule has 0 bridgehead atoms. The summed E-state index contributed by atoms with van der Waals surface area (Å²) < 4.78 is 75.3. The molecule has 2 aliphatic heterocycles. The molecule has 0 aliphatic carbocycles. The van der Waals surface area contributed by atoms with Crippen LogP contribution in [0, 0.1) is 0 Å². The van der Waals surface area contributed by atoms with Gasteiger partial charge in [0.1, 0.15) is 11.9 Å². The summed E-state index contributed by atoms with van der Waals surface area (Å²) in [6.07, 6.45) is -8.85. The molecule has 1 unspecified atom stereocenters. The van der Waals surface area contributed by atoms with Crippen LogP contribution in [0.4, 0.5) is 32.0 Å². The zero-order valence-electron chi connectivity index (χ0n) is 24.1. The number of ether oxygens (including phenoxy) is 2. The number of nitrogens with one attached hydrogen (secondary N) is 1. The summed E-state index contributed by atoms with van der Waals surface area (Å²) in [6.45, 7) is 4.20. The van der Waals surface area contributed by atoms with Gasteiger partial charge in [0.15, 0.2) is 0 Å². The number of nitrogens with zero attached hydrogens (tertiary/aromatic N) is 2. The molecule has 1 amide bonds. The first kappa shape index (κ1) is 37.6. The molecule has 0 aromatic heterocycles. The molecule has 4 rings (SSSR count). The van der Waals surface area contributed by atoms with Crippen LogP contribution >= 0.6 is 11.6 Å². The van der Waals surface area contributed by atoms with E-state index in [0.29, 0.717) is 17.3 Å². The number of likely N-dealkylation sites (tertiary alicyclic amines) is 1. The third kappa shape index (κ3) is 12.7. The molecule has 2 heterocycles. The van der Waals surface area contributed by atoms with Crippen LogP contribution < -0.4 is 10.1 Å². The summed E-state index contributed by atoms with van der Waals surface area (Å²) in [4.78, 5) is 35.3. The number of carbonyl (C=O) groups excluding carboxylic acids is 1. The van der Waals surface area contributed by atoms with E-state index in [0.717, 1.165) is 44.8 Å². The Kier molecular flexibility index (Phi) is 13.5. The molecule has 0 radical (unpaired) electrons. The van der Waals surface area contributed by atoms with Gasteiger partial charge in [0.2, 0.25) is 0 Å². The first-order valence-electron chi connectivity index (χ1n) is 13.2. The zero-order valence-corrected chi connectivity index (χ0v) is 24.9. The number of aliphatic carboxylic acids is 2. The minimum absolute atomic E-state index is 0.119. The van der Waals surface area contributed by atoms with E-state index in [1.165, 1.54) is 5.56 Å². The molecule has 2 aromatic rings. The number of hydrogen-bond acceptors (Lipinski definition) is 7. The Morgan fingerprint density at radius 1 is 1.00 bits per heavy atom. The maximum Gasteiger partial charge on any atom is 0.490 e. The van der Waals surface area contributed by atoms with Crippen molar-refractivity contribution in [3.63, 3.8) is 0 Å². The lowest BCUT2D eigenvalue weighted by Crippen LogP contribution is -2.60. The third-order valence-electron chi connectivity index (χ3n) is 6.61. The van der Waals surface area contributed by atoms with Crippen LogP contribution in [0.3, 0.4) is 0 Å². The summed E-state index contributed by atoms with van der Waals surface area (Å²) in [7, 11) is 3.76. The number of methoxy groups -OCH3 is 1. The van der Waals surface area contributed by atoms with Crippen molar-refractivity contribution in [3.05, 3.63) is 59.1 Å². The van der Waals surface area contributed by atoms with E-state index in [4.69, 9.17) is 40.9 Å². The fourth-order valence-electron chi connectivity index (χ4n) is 4.56. The number of likely N-dealkylation sites (N-methyl/N-ethyl adjacent to an activating group) is 1. The largest absolute Gasteiger partial charge is 0.497 e. The van der Waals surface area contributed by atoms with E-state index in [1.807, 2.05) is 24.3 Å². The van der Waals surface area contributed by atoms with Crippen molar-refractivity contribution in [2.45, 2.75) is 43.4 Å². The lowest BCUT2D eigenvalue weighted by Gasteiger charge is -2.48. The number of halogens is 7. The molecule has 1 spiro atoms. The Labute approximate surface area is 259 Å². The lowest BCUT2D eigenvalue weighted by atomic mass is 9.88. The highest BCUT2D eigenvalue weighted by molar-refractivity contribution is 6.30. The summed E-state index contributed by atoms with van der Waals surface area (Å²) in [6, 6.07) is 15.4. The molecular weight excluding hydrogens is 640 g/mol. The number of hydrogen-bond donors (Lipinski definition) is 3. The Balaban J connectivity index is 0.000000421. The van der Waals surface area contributed by atoms with Crippen LogP contribution in [0.5, 0.6) is 5.75 Å². The number of rotatable bonds is 5. The number of morpholine rings is 1. The standard InChI is InChI=1S/C24H30ClN3O3.2C2HF3O2/c1-27-16-22(23(29)26-20-7-4-6-19(25)14-20)31-24(17-27)9-11-28(12-10-24)15-18-5-3-8-21(13-18)30-2;2*3-2(4,5)1(6)7/h3-8,13-14,22H,9-12,15-17H2,1-2H3,(H,26,29);2*(H,6,7). The van der Waals surface area contributed by atoms with Crippen molar-refractivity contribution in [1.29, 1.82) is 0 Å². The number of benzene rings is 2. The maximum absolute atomic E-state index is 12.9. The van der Waals surface area contributed by atoms with E-state index >= 15 is 0 Å². The smallest absolute Gasteiger partial charge is 0.490 e. The van der Waals surface area contributed by atoms with Gasteiger partial charge in [0.25, 0.3) is 5.91 Å². The molecule has 1 atom stereocenters. The number of alkyl halides is 6. The number of carbonyl (C=O) groups is 3. The fraction of sp³-hybridized carbons (Fsp3) is 0.464. The van der Waals surface area contributed by atoms with Crippen molar-refractivity contribution < 1.29 is 60.4 Å². The Bertz CT molecular complexity index is 1280. The summed E-state index contributed by atoms with van der Waals surface area (Å²) in [5.41, 5.74) is 1.65. The second-order valence-electron chi connectivity index (χ2n) is 10.2. The average Bonchev–Trinajstić information content (AvgIpc) is 2.94. The van der Waals surface area contributed by atoms with Gasteiger partial charge < -0.3 is 29.9 Å². The molecular formula is C28H32ClF6N3O7. The molecule has 2 aliphatic rings. The predicted octanol–water partition coefficient (Wildman–Crippen LogP) is 4.92. The third-order valence-corrected chi connectivity index (χ3v) is 6.84. The highest BCUT2D eigenvalue weighted by Gasteiger charge is 2.44. The summed E-state index contributed by atoms with van der Waals surface area (Å²) >= 11 is 6.04. The molecule has 0 saturated carbocycles. The topological polar surface area (TPSA) is 129 Å². The highest BCUT2D eigenvalue weighted by Crippen LogP contribution is 2.33. The van der Waals surface area contributed by atoms with E-state index in [2.05, 4.69) is 34.3 Å². The van der Waals surface area contributed by atoms with Crippen LogP contribution in [0.15, 0.2) is 48.5 Å². The molecule has 2 saturated heterocycles. The van der Waals surface area contributed by atoms with Gasteiger partial charge in [-0.25, -0.2) is 9.59 Å². The normalized spacial score (nSPS) is 18.5. The molecule has 3 N–H and O–H groups in total. The van der Waals surface area contributed by atoms with Gasteiger partial charge in [0, 0.05) is 43.4 Å². The second-order valence-corrected chi connectivity index (χ2v) is 10.7. The lowest BCUT2D eigenvalue weighted by molar-refractivity contribution is -0.193. The molecule has 250 valence electrons. The predicted molar refractivity (Wildman–Crippen MR) is 150 cm³/mol. The minimum Gasteiger partial charge on any atom is -0.497 e. The highest BCUT2D eigenvalue weighted by atomic mass is 35.5. The molecule has 17 heteroatoms. The summed E-state index contributed by atoms with van der Waals surface area (Å²) in [5.74, 6) is -4.75. The van der Waals surface area contributed by atoms with Gasteiger partial charge in [-0.2, -0.15) is 26.3 Å². The first-order valence-corrected chi connectivity index (χ1v) is 13.6. The van der Waals surface area contributed by atoms with Gasteiger partial charge in [-0.15, -0.1) is 0 Å². The number of piperidine rings is 1. The molecule has 45 heavy (non-hydrogen) atoms. The van der Waals surface area contributed by atoms with E-state index < -0.39 is 30.4 Å². The van der Waals surface area contributed by atoms with Crippen LogP contribution in [0.2, 0.25) is 5.02 Å². The van der Waals surface area contributed by atoms with Crippen LogP contribution in [0.25, 0.3) is 0 Å². The van der Waals surface area contributed by atoms with Crippen LogP contribution in [0.1, 0.15) is 18.4 Å². The van der Waals surface area contributed by atoms with Gasteiger partial charge in [-0.1, -0.05) is 29.8 Å². The first-order chi connectivity index (χ1) is 20.8. The monoisotopic (exact) mass is 671 g/mol. The van der Waals surface area contributed by atoms with Gasteiger partial charge >= 0.3 is 24.3 Å². The van der Waals surface area contributed by atoms with Crippen LogP contribution in [-0.2, 0) is 25.7 Å². The molecule has 2 fully saturated rings. The zero-order chi connectivity index (χ0) is 34.0. The molecule has 10 nitrogen and oxygen atoms in total. The van der Waals surface area contributed by atoms with Crippen LogP contribution in [-0.4, -0.2) is 102 Å². The van der Waals surface area contributed by atoms with Crippen molar-refractivity contribution in [2.24, 2.45) is 0 Å². The quantitative estimate of drug-likeness (QED) is 0.380. The summed E-state index contributed by atoms with van der Waals surface area (Å²) in [5, 5.41) is 17.8. The average molecular weight is 672 g/mol. The number of anilines is 1.